The normalized spacial score (nSPS) is 7.29. The number of hydrogen-bond donors (Lipinski definition) is 0. The van der Waals surface area contributed by atoms with Crippen LogP contribution in [0.25, 0.3) is 0 Å². The quantitative estimate of drug-likeness (QED) is 0.502. The lowest BCUT2D eigenvalue weighted by atomic mass is 10.3. The third kappa shape index (κ3) is 18.3. The molecule has 0 aliphatic heterocycles. The van der Waals surface area contributed by atoms with Crippen molar-refractivity contribution in [2.75, 3.05) is 0 Å². The van der Waals surface area contributed by atoms with E-state index in [9.17, 15) is 0 Å². The standard InChI is InChI=1S/C4H12Si.2HI/c1-4(2)3-5;;/h4H,3H2,1-2,5H3;2*1H. The SMILES string of the molecule is CC(C)C[SiH3].I.I. The average molecular weight is 344 g/mol. The lowest BCUT2D eigenvalue weighted by Crippen LogP contribution is -1.80. The van der Waals surface area contributed by atoms with Crippen molar-refractivity contribution in [2.45, 2.75) is 19.9 Å². The average Bonchev–Trinajstić information content (AvgIpc) is 1.38. The molecule has 0 radical (unpaired) electrons. The largest absolute Gasteiger partial charge is 0.107 e. The van der Waals surface area contributed by atoms with E-state index in [1.165, 1.54) is 16.3 Å². The van der Waals surface area contributed by atoms with Crippen LogP contribution in [0.4, 0.5) is 0 Å². The van der Waals surface area contributed by atoms with E-state index in [4.69, 9.17) is 0 Å². The van der Waals surface area contributed by atoms with Gasteiger partial charge in [0.15, 0.2) is 0 Å². The fourth-order valence-electron chi connectivity index (χ4n) is 0. The van der Waals surface area contributed by atoms with Crippen LogP contribution < -0.4 is 0 Å². The Morgan fingerprint density at radius 2 is 1.43 bits per heavy atom. The van der Waals surface area contributed by atoms with Crippen LogP contribution in [0.5, 0.6) is 0 Å². The van der Waals surface area contributed by atoms with Gasteiger partial charge in [0.1, 0.15) is 0 Å². The summed E-state index contributed by atoms with van der Waals surface area (Å²) in [5.41, 5.74) is 0. The van der Waals surface area contributed by atoms with E-state index >= 15 is 0 Å². The maximum Gasteiger partial charge on any atom is 0.00312 e. The van der Waals surface area contributed by atoms with Crippen molar-refractivity contribution in [1.29, 1.82) is 0 Å². The van der Waals surface area contributed by atoms with Crippen molar-refractivity contribution < 1.29 is 0 Å². The smallest absolute Gasteiger partial charge is 0.00312 e. The van der Waals surface area contributed by atoms with Crippen molar-refractivity contribution >= 4 is 58.2 Å². The Kier molecular flexibility index (Phi) is 24.1. The van der Waals surface area contributed by atoms with Gasteiger partial charge in [-0.05, 0) is 0 Å². The molecular formula is C4H14I2Si. The molecule has 0 N–H and O–H groups in total. The molecule has 0 unspecified atom stereocenters. The van der Waals surface area contributed by atoms with Crippen LogP contribution >= 0.6 is 48.0 Å². The molecule has 0 saturated heterocycles. The predicted molar refractivity (Wildman–Crippen MR) is 60.4 cm³/mol. The number of hydrogen-bond acceptors (Lipinski definition) is 0. The summed E-state index contributed by atoms with van der Waals surface area (Å²) in [7, 11) is 1.37. The Hall–Kier alpha value is 1.68. The van der Waals surface area contributed by atoms with Crippen LogP contribution in [0.2, 0.25) is 6.04 Å². The summed E-state index contributed by atoms with van der Waals surface area (Å²) in [5, 5.41) is 0. The molecule has 0 spiro atoms. The second-order valence-electron chi connectivity index (χ2n) is 1.80. The van der Waals surface area contributed by atoms with E-state index in [0.717, 1.165) is 5.92 Å². The van der Waals surface area contributed by atoms with E-state index in [1.807, 2.05) is 0 Å². The first kappa shape index (κ1) is 15.9. The first-order valence-electron chi connectivity index (χ1n) is 2.27. The minimum Gasteiger partial charge on any atom is -0.107 e. The van der Waals surface area contributed by atoms with Gasteiger partial charge in [0, 0.05) is 10.2 Å². The molecule has 0 saturated carbocycles. The first-order chi connectivity index (χ1) is 2.27. The van der Waals surface area contributed by atoms with Gasteiger partial charge in [0.05, 0.1) is 0 Å². The molecule has 0 rings (SSSR count). The van der Waals surface area contributed by atoms with E-state index in [2.05, 4.69) is 13.8 Å². The van der Waals surface area contributed by atoms with Gasteiger partial charge in [-0.15, -0.1) is 48.0 Å². The van der Waals surface area contributed by atoms with Crippen LogP contribution in [-0.2, 0) is 0 Å². The molecule has 0 amide bonds. The highest BCUT2D eigenvalue weighted by atomic mass is 127. The summed E-state index contributed by atoms with van der Waals surface area (Å²) in [4.78, 5) is 0. The number of rotatable bonds is 1. The summed E-state index contributed by atoms with van der Waals surface area (Å²) in [6.07, 6.45) is 0. The predicted octanol–water partition coefficient (Wildman–Crippen LogP) is 1.66. The zero-order valence-electron chi connectivity index (χ0n) is 5.10. The zero-order valence-corrected chi connectivity index (χ0v) is 11.8. The first-order valence-corrected chi connectivity index (χ1v) is 3.68. The molecule has 0 nitrogen and oxygen atoms in total. The van der Waals surface area contributed by atoms with E-state index in [-0.39, 0.29) is 48.0 Å². The van der Waals surface area contributed by atoms with Crippen molar-refractivity contribution in [2.24, 2.45) is 5.92 Å². The summed E-state index contributed by atoms with van der Waals surface area (Å²) in [6, 6.07) is 1.44. The van der Waals surface area contributed by atoms with Crippen LogP contribution in [0.1, 0.15) is 13.8 Å². The second kappa shape index (κ2) is 10.6. The summed E-state index contributed by atoms with van der Waals surface area (Å²) in [6.45, 7) is 4.51. The van der Waals surface area contributed by atoms with Crippen molar-refractivity contribution in [3.8, 4) is 0 Å². The van der Waals surface area contributed by atoms with Crippen LogP contribution in [0.3, 0.4) is 0 Å². The van der Waals surface area contributed by atoms with Crippen LogP contribution in [-0.4, -0.2) is 10.2 Å². The third-order valence-corrected chi connectivity index (χ3v) is 2.45. The van der Waals surface area contributed by atoms with Gasteiger partial charge in [-0.2, -0.15) is 0 Å². The Labute approximate surface area is 83.3 Å². The molecule has 0 aromatic heterocycles. The Bertz CT molecular complexity index is 23.7. The van der Waals surface area contributed by atoms with Gasteiger partial charge < -0.3 is 0 Å². The molecule has 0 aliphatic rings. The van der Waals surface area contributed by atoms with Crippen LogP contribution in [0.15, 0.2) is 0 Å². The zero-order chi connectivity index (χ0) is 4.28. The fraction of sp³-hybridized carbons (Fsp3) is 1.00. The fourth-order valence-corrected chi connectivity index (χ4v) is 0. The molecule has 7 heavy (non-hydrogen) atoms. The maximum absolute atomic E-state index is 2.26. The van der Waals surface area contributed by atoms with Gasteiger partial charge in [-0.3, -0.25) is 0 Å². The Balaban J connectivity index is -0.0000000800. The summed E-state index contributed by atoms with van der Waals surface area (Å²) < 4.78 is 0. The second-order valence-corrected chi connectivity index (χ2v) is 2.62. The molecule has 48 valence electrons. The van der Waals surface area contributed by atoms with E-state index in [0.29, 0.717) is 0 Å². The van der Waals surface area contributed by atoms with Crippen LogP contribution in [0, 0.1) is 5.92 Å². The van der Waals surface area contributed by atoms with Gasteiger partial charge in [-0.25, -0.2) is 0 Å². The van der Waals surface area contributed by atoms with Crippen molar-refractivity contribution in [3.63, 3.8) is 0 Å². The molecule has 0 fully saturated rings. The number of halogens is 2. The van der Waals surface area contributed by atoms with Gasteiger partial charge >= 0.3 is 0 Å². The topological polar surface area (TPSA) is 0 Å². The molecular weight excluding hydrogens is 330 g/mol. The van der Waals surface area contributed by atoms with E-state index < -0.39 is 0 Å². The molecule has 0 atom stereocenters. The van der Waals surface area contributed by atoms with Crippen molar-refractivity contribution in [3.05, 3.63) is 0 Å². The molecule has 0 heterocycles. The van der Waals surface area contributed by atoms with Gasteiger partial charge in [0.2, 0.25) is 0 Å². The monoisotopic (exact) mass is 344 g/mol. The van der Waals surface area contributed by atoms with Crippen molar-refractivity contribution in [1.82, 2.24) is 0 Å². The summed E-state index contributed by atoms with van der Waals surface area (Å²) in [5.74, 6) is 0.946. The highest BCUT2D eigenvalue weighted by molar-refractivity contribution is 14.0. The molecule has 3 heteroatoms. The lowest BCUT2D eigenvalue weighted by molar-refractivity contribution is 0.735. The van der Waals surface area contributed by atoms with Gasteiger partial charge in [-0.1, -0.05) is 25.8 Å². The molecule has 0 bridgehead atoms. The highest BCUT2D eigenvalue weighted by Crippen LogP contribution is 1.92. The molecule has 0 aromatic rings. The highest BCUT2D eigenvalue weighted by Gasteiger charge is 1.80. The summed E-state index contributed by atoms with van der Waals surface area (Å²) >= 11 is 0. The lowest BCUT2D eigenvalue weighted by Gasteiger charge is -1.90. The Morgan fingerprint density at radius 3 is 1.43 bits per heavy atom. The Morgan fingerprint density at radius 1 is 1.29 bits per heavy atom. The third-order valence-electron chi connectivity index (χ3n) is 0.816. The minimum atomic E-state index is 0. The molecule has 0 aliphatic carbocycles. The minimum absolute atomic E-state index is 0. The van der Waals surface area contributed by atoms with Gasteiger partial charge in [0.25, 0.3) is 0 Å². The molecule has 0 aromatic carbocycles. The van der Waals surface area contributed by atoms with E-state index in [1.54, 1.807) is 0 Å². The maximum atomic E-state index is 2.26.